The Bertz CT molecular complexity index is 351. The van der Waals surface area contributed by atoms with Gasteiger partial charge in [0.25, 0.3) is 0 Å². The van der Waals surface area contributed by atoms with E-state index in [1.54, 1.807) is 0 Å². The molecule has 5 nitrogen and oxygen atoms in total. The highest BCUT2D eigenvalue weighted by atomic mass is 16.5. The van der Waals surface area contributed by atoms with Crippen molar-refractivity contribution in [1.82, 2.24) is 9.80 Å². The number of carbonyl (C=O) groups is 1. The molecule has 2 aliphatic heterocycles. The second kappa shape index (κ2) is 7.07. The van der Waals surface area contributed by atoms with E-state index in [0.29, 0.717) is 6.54 Å². The molecule has 1 N–H and O–H groups in total. The summed E-state index contributed by atoms with van der Waals surface area (Å²) in [7, 11) is 0. The lowest BCUT2D eigenvalue weighted by Crippen LogP contribution is -2.59. The fourth-order valence-electron chi connectivity index (χ4n) is 3.65. The number of rotatable bonds is 3. The number of aliphatic hydroxyl groups excluding tert-OH is 1. The van der Waals surface area contributed by atoms with Crippen molar-refractivity contribution in [3.63, 3.8) is 0 Å². The average Bonchev–Trinajstić information content (AvgIpc) is 2.37. The van der Waals surface area contributed by atoms with Gasteiger partial charge in [0.1, 0.15) is 0 Å². The highest BCUT2D eigenvalue weighted by molar-refractivity contribution is 5.82. The van der Waals surface area contributed by atoms with E-state index >= 15 is 0 Å². The molecule has 0 aromatic rings. The summed E-state index contributed by atoms with van der Waals surface area (Å²) in [5, 5.41) is 9.82. The van der Waals surface area contributed by atoms with E-state index in [-0.39, 0.29) is 36.2 Å². The molecule has 122 valence electrons. The van der Waals surface area contributed by atoms with Gasteiger partial charge in [0.15, 0.2) is 0 Å². The minimum Gasteiger partial charge on any atom is -0.391 e. The molecule has 4 atom stereocenters. The Morgan fingerprint density at radius 1 is 1.19 bits per heavy atom. The van der Waals surface area contributed by atoms with Crippen LogP contribution < -0.4 is 0 Å². The molecule has 0 bridgehead atoms. The van der Waals surface area contributed by atoms with Gasteiger partial charge in [-0.15, -0.1) is 0 Å². The van der Waals surface area contributed by atoms with Gasteiger partial charge in [0.2, 0.25) is 5.91 Å². The summed E-state index contributed by atoms with van der Waals surface area (Å²) in [6.07, 6.45) is 1.66. The monoisotopic (exact) mass is 298 g/mol. The maximum absolute atomic E-state index is 12.9. The van der Waals surface area contributed by atoms with Crippen LogP contribution in [-0.4, -0.2) is 71.3 Å². The van der Waals surface area contributed by atoms with Gasteiger partial charge in [0, 0.05) is 26.2 Å². The molecular weight excluding hydrogens is 268 g/mol. The fraction of sp³-hybridized carbons (Fsp3) is 0.938. The van der Waals surface area contributed by atoms with E-state index in [0.717, 1.165) is 32.5 Å². The van der Waals surface area contributed by atoms with Crippen molar-refractivity contribution in [2.45, 2.75) is 64.9 Å². The van der Waals surface area contributed by atoms with E-state index in [9.17, 15) is 9.90 Å². The first-order valence-corrected chi connectivity index (χ1v) is 8.24. The number of β-amino-alcohol motifs (C(OH)–C–C–N with tert-alkyl or cyclic N) is 1. The third-order valence-corrected chi connectivity index (χ3v) is 4.43. The van der Waals surface area contributed by atoms with Crippen LogP contribution in [0.2, 0.25) is 0 Å². The maximum Gasteiger partial charge on any atom is 0.240 e. The lowest BCUT2D eigenvalue weighted by molar-refractivity contribution is -0.148. The SMILES string of the molecule is CC1CN(C(C(=O)N2CCCC(O)C2)C(C)C)CC(C)O1. The number of hydrogen-bond donors (Lipinski definition) is 1. The molecule has 0 aromatic heterocycles. The van der Waals surface area contributed by atoms with Crippen LogP contribution in [0.5, 0.6) is 0 Å². The number of amides is 1. The van der Waals surface area contributed by atoms with Crippen molar-refractivity contribution in [2.75, 3.05) is 26.2 Å². The largest absolute Gasteiger partial charge is 0.391 e. The predicted octanol–water partition coefficient (Wildman–Crippen LogP) is 1.10. The van der Waals surface area contributed by atoms with Crippen LogP contribution >= 0.6 is 0 Å². The summed E-state index contributed by atoms with van der Waals surface area (Å²) < 4.78 is 5.78. The molecule has 1 amide bonds. The molecule has 21 heavy (non-hydrogen) atoms. The topological polar surface area (TPSA) is 53.0 Å². The van der Waals surface area contributed by atoms with Crippen molar-refractivity contribution >= 4 is 5.91 Å². The molecule has 0 radical (unpaired) electrons. The standard InChI is InChI=1S/C16H30N2O3/c1-11(2)15(18-8-12(3)21-13(4)9-18)16(20)17-7-5-6-14(19)10-17/h11-15,19H,5-10H2,1-4H3. The first-order valence-electron chi connectivity index (χ1n) is 8.24. The molecule has 4 unspecified atom stereocenters. The molecule has 0 spiro atoms. The number of piperidine rings is 1. The Hall–Kier alpha value is -0.650. The zero-order chi connectivity index (χ0) is 15.6. The van der Waals surface area contributed by atoms with Crippen LogP contribution in [0.1, 0.15) is 40.5 Å². The van der Waals surface area contributed by atoms with Gasteiger partial charge in [-0.05, 0) is 32.6 Å². The first kappa shape index (κ1) is 16.7. The number of carbonyl (C=O) groups excluding carboxylic acids is 1. The number of morpholine rings is 1. The Morgan fingerprint density at radius 2 is 1.81 bits per heavy atom. The van der Waals surface area contributed by atoms with Crippen LogP contribution in [0, 0.1) is 5.92 Å². The van der Waals surface area contributed by atoms with Gasteiger partial charge in [0.05, 0.1) is 24.4 Å². The highest BCUT2D eigenvalue weighted by Gasteiger charge is 2.37. The molecule has 0 aromatic carbocycles. The molecule has 2 fully saturated rings. The molecule has 2 rings (SSSR count). The Kier molecular flexibility index (Phi) is 5.63. The number of aliphatic hydroxyl groups is 1. The third kappa shape index (κ3) is 4.18. The molecule has 2 aliphatic rings. The van der Waals surface area contributed by atoms with Crippen LogP contribution in [0.25, 0.3) is 0 Å². The fourth-order valence-corrected chi connectivity index (χ4v) is 3.65. The molecule has 0 aliphatic carbocycles. The number of hydrogen-bond acceptors (Lipinski definition) is 4. The van der Waals surface area contributed by atoms with Crippen LogP contribution in [-0.2, 0) is 9.53 Å². The van der Waals surface area contributed by atoms with Crippen LogP contribution in [0.3, 0.4) is 0 Å². The van der Waals surface area contributed by atoms with E-state index in [1.807, 2.05) is 4.90 Å². The molecule has 2 saturated heterocycles. The minimum absolute atomic E-state index is 0.107. The van der Waals surface area contributed by atoms with Gasteiger partial charge in [-0.2, -0.15) is 0 Å². The summed E-state index contributed by atoms with van der Waals surface area (Å²) in [5.41, 5.74) is 0. The normalized spacial score (nSPS) is 33.2. The molecule has 0 saturated carbocycles. The smallest absolute Gasteiger partial charge is 0.240 e. The van der Waals surface area contributed by atoms with E-state index in [1.165, 1.54) is 0 Å². The number of nitrogens with zero attached hydrogens (tertiary/aromatic N) is 2. The lowest BCUT2D eigenvalue weighted by Gasteiger charge is -2.43. The molecular formula is C16H30N2O3. The second-order valence-electron chi connectivity index (χ2n) is 6.98. The summed E-state index contributed by atoms with van der Waals surface area (Å²) >= 11 is 0. The minimum atomic E-state index is -0.363. The van der Waals surface area contributed by atoms with Gasteiger partial charge >= 0.3 is 0 Å². The Labute approximate surface area is 128 Å². The van der Waals surface area contributed by atoms with E-state index in [4.69, 9.17) is 4.74 Å². The lowest BCUT2D eigenvalue weighted by atomic mass is 9.97. The highest BCUT2D eigenvalue weighted by Crippen LogP contribution is 2.22. The maximum atomic E-state index is 12.9. The van der Waals surface area contributed by atoms with E-state index < -0.39 is 0 Å². The average molecular weight is 298 g/mol. The van der Waals surface area contributed by atoms with Gasteiger partial charge in [-0.3, -0.25) is 9.69 Å². The number of ether oxygens (including phenoxy) is 1. The molecule has 2 heterocycles. The van der Waals surface area contributed by atoms with Crippen LogP contribution in [0.15, 0.2) is 0 Å². The first-order chi connectivity index (χ1) is 9.88. The van der Waals surface area contributed by atoms with Crippen molar-refractivity contribution in [3.8, 4) is 0 Å². The summed E-state index contributed by atoms with van der Waals surface area (Å²) in [4.78, 5) is 17.1. The van der Waals surface area contributed by atoms with Gasteiger partial charge < -0.3 is 14.7 Å². The van der Waals surface area contributed by atoms with Crippen molar-refractivity contribution < 1.29 is 14.6 Å². The number of likely N-dealkylation sites (tertiary alicyclic amines) is 1. The Balaban J connectivity index is 2.08. The van der Waals surface area contributed by atoms with Gasteiger partial charge in [-0.25, -0.2) is 0 Å². The van der Waals surface area contributed by atoms with E-state index in [2.05, 4.69) is 32.6 Å². The summed E-state index contributed by atoms with van der Waals surface area (Å²) in [6, 6.07) is -0.107. The summed E-state index contributed by atoms with van der Waals surface area (Å²) in [6.45, 7) is 11.2. The van der Waals surface area contributed by atoms with Crippen LogP contribution in [0.4, 0.5) is 0 Å². The van der Waals surface area contributed by atoms with Crippen molar-refractivity contribution in [3.05, 3.63) is 0 Å². The van der Waals surface area contributed by atoms with Gasteiger partial charge in [-0.1, -0.05) is 13.8 Å². The predicted molar refractivity (Wildman–Crippen MR) is 82.0 cm³/mol. The van der Waals surface area contributed by atoms with Crippen molar-refractivity contribution in [2.24, 2.45) is 5.92 Å². The third-order valence-electron chi connectivity index (χ3n) is 4.43. The summed E-state index contributed by atoms with van der Waals surface area (Å²) in [5.74, 6) is 0.430. The Morgan fingerprint density at radius 3 is 2.33 bits per heavy atom. The quantitative estimate of drug-likeness (QED) is 0.848. The second-order valence-corrected chi connectivity index (χ2v) is 6.98. The zero-order valence-electron chi connectivity index (χ0n) is 13.8. The van der Waals surface area contributed by atoms with Crippen molar-refractivity contribution in [1.29, 1.82) is 0 Å². The zero-order valence-corrected chi connectivity index (χ0v) is 13.8. The molecule has 5 heteroatoms.